The maximum atomic E-state index is 12.3. The Balaban J connectivity index is 1.49. The standard InChI is InChI=1S/C16H15N3O3S/c20-15(18-11-1-2-12-14(7-11)23-9-17-12)13-8-22-16(19-13)10-3-5-21-6-4-10/h1-2,7-10H,3-6H2,(H,18,20). The largest absolute Gasteiger partial charge is 0.448 e. The number of ether oxygens (including phenoxy) is 1. The highest BCUT2D eigenvalue weighted by Gasteiger charge is 2.22. The van der Waals surface area contributed by atoms with Crippen molar-refractivity contribution in [3.05, 3.63) is 41.6 Å². The lowest BCUT2D eigenvalue weighted by Gasteiger charge is -2.18. The Morgan fingerprint density at radius 2 is 2.17 bits per heavy atom. The Morgan fingerprint density at radius 1 is 1.30 bits per heavy atom. The summed E-state index contributed by atoms with van der Waals surface area (Å²) in [6.07, 6.45) is 3.18. The Morgan fingerprint density at radius 3 is 3.04 bits per heavy atom. The van der Waals surface area contributed by atoms with E-state index in [2.05, 4.69) is 15.3 Å². The molecule has 0 atom stereocenters. The molecule has 4 rings (SSSR count). The summed E-state index contributed by atoms with van der Waals surface area (Å²) < 4.78 is 11.8. The summed E-state index contributed by atoms with van der Waals surface area (Å²) in [5.41, 5.74) is 3.74. The molecule has 1 aromatic carbocycles. The van der Waals surface area contributed by atoms with Gasteiger partial charge in [0.2, 0.25) is 0 Å². The third-order valence-electron chi connectivity index (χ3n) is 3.91. The summed E-state index contributed by atoms with van der Waals surface area (Å²) in [5, 5.41) is 2.85. The van der Waals surface area contributed by atoms with Crippen molar-refractivity contribution in [1.29, 1.82) is 0 Å². The van der Waals surface area contributed by atoms with Gasteiger partial charge in [0.1, 0.15) is 6.26 Å². The molecule has 1 aliphatic heterocycles. The van der Waals surface area contributed by atoms with E-state index < -0.39 is 0 Å². The fourth-order valence-corrected chi connectivity index (χ4v) is 3.37. The molecule has 3 aromatic rings. The van der Waals surface area contributed by atoms with Gasteiger partial charge in [0.25, 0.3) is 5.91 Å². The topological polar surface area (TPSA) is 77.2 Å². The van der Waals surface area contributed by atoms with Crippen LogP contribution in [0.15, 0.2) is 34.4 Å². The van der Waals surface area contributed by atoms with Crippen LogP contribution in [-0.2, 0) is 4.74 Å². The van der Waals surface area contributed by atoms with Gasteiger partial charge < -0.3 is 14.5 Å². The van der Waals surface area contributed by atoms with E-state index in [4.69, 9.17) is 9.15 Å². The van der Waals surface area contributed by atoms with Gasteiger partial charge >= 0.3 is 0 Å². The average Bonchev–Trinajstić information content (AvgIpc) is 3.24. The highest BCUT2D eigenvalue weighted by atomic mass is 32.1. The summed E-state index contributed by atoms with van der Waals surface area (Å²) in [6.45, 7) is 1.42. The van der Waals surface area contributed by atoms with Gasteiger partial charge in [-0.05, 0) is 31.0 Å². The summed E-state index contributed by atoms with van der Waals surface area (Å²) in [6, 6.07) is 5.63. The van der Waals surface area contributed by atoms with Crippen molar-refractivity contribution in [3.8, 4) is 0 Å². The number of carbonyl (C=O) groups excluding carboxylic acids is 1. The third kappa shape index (κ3) is 2.97. The molecular formula is C16H15N3O3S. The van der Waals surface area contributed by atoms with E-state index in [1.165, 1.54) is 17.6 Å². The maximum absolute atomic E-state index is 12.3. The highest BCUT2D eigenvalue weighted by Crippen LogP contribution is 2.26. The van der Waals surface area contributed by atoms with Crippen LogP contribution in [0.3, 0.4) is 0 Å². The van der Waals surface area contributed by atoms with Crippen LogP contribution in [0.1, 0.15) is 35.1 Å². The van der Waals surface area contributed by atoms with Crippen LogP contribution in [0, 0.1) is 0 Å². The first-order valence-electron chi connectivity index (χ1n) is 7.47. The summed E-state index contributed by atoms with van der Waals surface area (Å²) in [7, 11) is 0. The Bertz CT molecular complexity index is 836. The van der Waals surface area contributed by atoms with Gasteiger partial charge in [-0.2, -0.15) is 0 Å². The second-order valence-electron chi connectivity index (χ2n) is 5.45. The number of oxazole rings is 1. The van der Waals surface area contributed by atoms with Gasteiger partial charge in [-0.15, -0.1) is 11.3 Å². The van der Waals surface area contributed by atoms with Crippen LogP contribution in [0.25, 0.3) is 10.2 Å². The molecular weight excluding hydrogens is 314 g/mol. The van der Waals surface area contributed by atoms with Gasteiger partial charge in [0.05, 0.1) is 15.7 Å². The van der Waals surface area contributed by atoms with Crippen molar-refractivity contribution in [1.82, 2.24) is 9.97 Å². The van der Waals surface area contributed by atoms with Gasteiger partial charge in [0, 0.05) is 24.8 Å². The Kier molecular flexibility index (Phi) is 3.80. The number of hydrogen-bond donors (Lipinski definition) is 1. The fourth-order valence-electron chi connectivity index (χ4n) is 2.65. The molecule has 6 nitrogen and oxygen atoms in total. The molecule has 0 bridgehead atoms. The van der Waals surface area contributed by atoms with Crippen molar-refractivity contribution in [3.63, 3.8) is 0 Å². The lowest BCUT2D eigenvalue weighted by atomic mass is 10.0. The number of benzene rings is 1. The first-order chi connectivity index (χ1) is 11.3. The fraction of sp³-hybridized carbons (Fsp3) is 0.312. The van der Waals surface area contributed by atoms with E-state index >= 15 is 0 Å². The minimum Gasteiger partial charge on any atom is -0.448 e. The first-order valence-corrected chi connectivity index (χ1v) is 8.35. The van der Waals surface area contributed by atoms with E-state index in [1.54, 1.807) is 5.51 Å². The number of thiazole rings is 1. The maximum Gasteiger partial charge on any atom is 0.277 e. The molecule has 0 unspecified atom stereocenters. The summed E-state index contributed by atoms with van der Waals surface area (Å²) in [4.78, 5) is 20.9. The first kappa shape index (κ1) is 14.3. The third-order valence-corrected chi connectivity index (χ3v) is 4.71. The Labute approximate surface area is 136 Å². The number of rotatable bonds is 3. The minimum absolute atomic E-state index is 0.235. The molecule has 0 spiro atoms. The second-order valence-corrected chi connectivity index (χ2v) is 6.33. The molecule has 2 aromatic heterocycles. The van der Waals surface area contributed by atoms with Crippen LogP contribution >= 0.6 is 11.3 Å². The molecule has 1 amide bonds. The lowest BCUT2D eigenvalue weighted by Crippen LogP contribution is -2.15. The molecule has 0 saturated carbocycles. The zero-order valence-corrected chi connectivity index (χ0v) is 13.1. The average molecular weight is 329 g/mol. The smallest absolute Gasteiger partial charge is 0.277 e. The molecule has 0 radical (unpaired) electrons. The zero-order valence-electron chi connectivity index (χ0n) is 12.3. The van der Waals surface area contributed by atoms with Gasteiger partial charge in [-0.3, -0.25) is 4.79 Å². The molecule has 1 fully saturated rings. The number of fused-ring (bicyclic) bond motifs is 1. The number of anilines is 1. The number of amides is 1. The minimum atomic E-state index is -0.268. The molecule has 1 aliphatic rings. The zero-order chi connectivity index (χ0) is 15.6. The van der Waals surface area contributed by atoms with Crippen LogP contribution in [0.2, 0.25) is 0 Å². The van der Waals surface area contributed by atoms with E-state index in [-0.39, 0.29) is 11.8 Å². The predicted molar refractivity (Wildman–Crippen MR) is 86.9 cm³/mol. The summed E-state index contributed by atoms with van der Waals surface area (Å²) >= 11 is 1.54. The van der Waals surface area contributed by atoms with Gasteiger partial charge in [-0.1, -0.05) is 0 Å². The Hall–Kier alpha value is -2.25. The van der Waals surface area contributed by atoms with Crippen molar-refractivity contribution in [2.24, 2.45) is 0 Å². The number of nitrogens with one attached hydrogen (secondary N) is 1. The number of aromatic nitrogens is 2. The van der Waals surface area contributed by atoms with E-state index in [9.17, 15) is 4.79 Å². The van der Waals surface area contributed by atoms with Crippen LogP contribution in [0.5, 0.6) is 0 Å². The number of carbonyl (C=O) groups is 1. The molecule has 0 aliphatic carbocycles. The molecule has 7 heteroatoms. The molecule has 1 saturated heterocycles. The molecule has 1 N–H and O–H groups in total. The normalized spacial score (nSPS) is 15.8. The molecule has 23 heavy (non-hydrogen) atoms. The monoisotopic (exact) mass is 329 g/mol. The number of hydrogen-bond acceptors (Lipinski definition) is 6. The molecule has 3 heterocycles. The van der Waals surface area contributed by atoms with Crippen molar-refractivity contribution >= 4 is 33.1 Å². The predicted octanol–water partition coefficient (Wildman–Crippen LogP) is 3.43. The van der Waals surface area contributed by atoms with Crippen molar-refractivity contribution in [2.45, 2.75) is 18.8 Å². The number of nitrogens with zero attached hydrogens (tertiary/aromatic N) is 2. The lowest BCUT2D eigenvalue weighted by molar-refractivity contribution is 0.0794. The van der Waals surface area contributed by atoms with Crippen LogP contribution in [-0.4, -0.2) is 29.1 Å². The SMILES string of the molecule is O=C(Nc1ccc2ncsc2c1)c1coc(C2CCOCC2)n1. The van der Waals surface area contributed by atoms with Crippen LogP contribution < -0.4 is 5.32 Å². The van der Waals surface area contributed by atoms with Crippen molar-refractivity contribution < 1.29 is 13.9 Å². The molecule has 118 valence electrons. The van der Waals surface area contributed by atoms with Gasteiger partial charge in [-0.25, -0.2) is 9.97 Å². The van der Waals surface area contributed by atoms with Crippen LogP contribution in [0.4, 0.5) is 5.69 Å². The van der Waals surface area contributed by atoms with E-state index in [1.807, 2.05) is 18.2 Å². The second kappa shape index (κ2) is 6.10. The summed E-state index contributed by atoms with van der Waals surface area (Å²) in [5.74, 6) is 0.589. The van der Waals surface area contributed by atoms with E-state index in [0.29, 0.717) is 24.8 Å². The highest BCUT2D eigenvalue weighted by molar-refractivity contribution is 7.16. The quantitative estimate of drug-likeness (QED) is 0.796. The van der Waals surface area contributed by atoms with E-state index in [0.717, 1.165) is 28.7 Å². The van der Waals surface area contributed by atoms with Gasteiger partial charge in [0.15, 0.2) is 11.6 Å². The van der Waals surface area contributed by atoms with Crippen molar-refractivity contribution in [2.75, 3.05) is 18.5 Å².